The van der Waals surface area contributed by atoms with Gasteiger partial charge in [0, 0.05) is 0 Å². The topological polar surface area (TPSA) is 46.1 Å². The molecule has 1 unspecified atom stereocenters. The van der Waals surface area contributed by atoms with E-state index in [9.17, 15) is 10.2 Å². The molecular weight excluding hydrogens is 116 g/mol. The zero-order valence-corrected chi connectivity index (χ0v) is 5.93. The van der Waals surface area contributed by atoms with Crippen molar-refractivity contribution in [2.45, 2.75) is 38.7 Å². The molecule has 0 aromatic heterocycles. The molecule has 56 valence electrons. The number of unbranched alkanes of at least 4 members (excludes halogenated alkanes) is 1. The summed E-state index contributed by atoms with van der Waals surface area (Å²) in [6, 6.07) is 0. The summed E-state index contributed by atoms with van der Waals surface area (Å²) in [7, 11) is 0. The van der Waals surface area contributed by atoms with Crippen LogP contribution >= 0.6 is 0 Å². The molecule has 0 fully saturated rings. The maximum absolute atomic E-state index is 10.7. The van der Waals surface area contributed by atoms with Crippen LogP contribution in [0, 0.1) is 0 Å². The third-order valence-electron chi connectivity index (χ3n) is 1.32. The largest absolute Gasteiger partial charge is 0.854 e. The Bertz CT molecular complexity index is 54.9. The van der Waals surface area contributed by atoms with Crippen molar-refractivity contribution in [2.24, 2.45) is 0 Å². The molecule has 0 N–H and O–H groups in total. The Kier molecular flexibility index (Phi) is 5.99. The van der Waals surface area contributed by atoms with Crippen molar-refractivity contribution in [3.63, 3.8) is 0 Å². The van der Waals surface area contributed by atoms with Crippen molar-refractivity contribution < 1.29 is 10.2 Å². The second-order valence-corrected chi connectivity index (χ2v) is 2.26. The first-order chi connectivity index (χ1) is 4.31. The molecule has 2 nitrogen and oxygen atoms in total. The second kappa shape index (κ2) is 6.05. The van der Waals surface area contributed by atoms with Crippen LogP contribution < -0.4 is 10.2 Å². The first-order valence-electron chi connectivity index (χ1n) is 3.55. The standard InChI is InChI=1S/C7H14O2/c1-2-3-4-7(9)5-6-8/h7H,2-6H2,1H3/q-2. The van der Waals surface area contributed by atoms with Crippen molar-refractivity contribution in [2.75, 3.05) is 6.61 Å². The van der Waals surface area contributed by atoms with Gasteiger partial charge in [0.05, 0.1) is 0 Å². The van der Waals surface area contributed by atoms with Crippen LogP contribution in [0.15, 0.2) is 0 Å². The van der Waals surface area contributed by atoms with Gasteiger partial charge in [0.25, 0.3) is 0 Å². The molecule has 0 aromatic rings. The molecule has 0 saturated carbocycles. The smallest absolute Gasteiger partial charge is 0.0546 e. The number of rotatable bonds is 5. The maximum atomic E-state index is 10.7. The molecule has 0 amide bonds. The van der Waals surface area contributed by atoms with Crippen LogP contribution in [-0.4, -0.2) is 12.7 Å². The highest BCUT2D eigenvalue weighted by Gasteiger charge is 1.88. The van der Waals surface area contributed by atoms with E-state index in [1.54, 1.807) is 0 Å². The van der Waals surface area contributed by atoms with Crippen LogP contribution in [0.4, 0.5) is 0 Å². The Balaban J connectivity index is 2.95. The van der Waals surface area contributed by atoms with Gasteiger partial charge >= 0.3 is 0 Å². The first-order valence-corrected chi connectivity index (χ1v) is 3.55. The van der Waals surface area contributed by atoms with Gasteiger partial charge in [-0.1, -0.05) is 32.6 Å². The predicted octanol–water partition coefficient (Wildman–Crippen LogP) is -0.344. The van der Waals surface area contributed by atoms with Gasteiger partial charge in [-0.05, 0) is 0 Å². The SMILES string of the molecule is CCCCC([O-])CC[O-]. The maximum Gasteiger partial charge on any atom is -0.0546 e. The zero-order valence-electron chi connectivity index (χ0n) is 5.93. The van der Waals surface area contributed by atoms with Crippen molar-refractivity contribution >= 4 is 0 Å². The molecule has 0 aliphatic rings. The highest BCUT2D eigenvalue weighted by molar-refractivity contribution is 4.50. The van der Waals surface area contributed by atoms with Gasteiger partial charge in [-0.2, -0.15) is 0 Å². The summed E-state index contributed by atoms with van der Waals surface area (Å²) in [6.07, 6.45) is 2.41. The van der Waals surface area contributed by atoms with Gasteiger partial charge in [-0.3, -0.25) is 0 Å². The number of hydrogen-bond acceptors (Lipinski definition) is 2. The molecule has 0 bridgehead atoms. The molecule has 0 spiro atoms. The van der Waals surface area contributed by atoms with Crippen molar-refractivity contribution in [3.05, 3.63) is 0 Å². The molecule has 0 aromatic carbocycles. The van der Waals surface area contributed by atoms with Gasteiger partial charge in [0.2, 0.25) is 0 Å². The fraction of sp³-hybridized carbons (Fsp3) is 1.00. The first kappa shape index (κ1) is 8.92. The minimum absolute atomic E-state index is 0.210. The third kappa shape index (κ3) is 5.80. The lowest BCUT2D eigenvalue weighted by atomic mass is 10.1. The van der Waals surface area contributed by atoms with Gasteiger partial charge < -0.3 is 10.2 Å². The molecule has 0 aliphatic heterocycles. The highest BCUT2D eigenvalue weighted by atomic mass is 16.3. The van der Waals surface area contributed by atoms with E-state index in [2.05, 4.69) is 0 Å². The Labute approximate surface area is 56.5 Å². The predicted molar refractivity (Wildman–Crippen MR) is 32.8 cm³/mol. The van der Waals surface area contributed by atoms with E-state index in [4.69, 9.17) is 0 Å². The summed E-state index contributed by atoms with van der Waals surface area (Å²) < 4.78 is 0. The van der Waals surface area contributed by atoms with E-state index in [0.717, 1.165) is 12.8 Å². The summed E-state index contributed by atoms with van der Waals surface area (Å²) in [4.78, 5) is 0. The second-order valence-electron chi connectivity index (χ2n) is 2.26. The minimum Gasteiger partial charge on any atom is -0.854 e. The molecule has 0 heterocycles. The zero-order chi connectivity index (χ0) is 7.11. The van der Waals surface area contributed by atoms with Crippen LogP contribution in [0.1, 0.15) is 32.6 Å². The van der Waals surface area contributed by atoms with Crippen molar-refractivity contribution in [1.29, 1.82) is 0 Å². The van der Waals surface area contributed by atoms with E-state index in [-0.39, 0.29) is 6.61 Å². The fourth-order valence-corrected chi connectivity index (χ4v) is 0.708. The quantitative estimate of drug-likeness (QED) is 0.511. The monoisotopic (exact) mass is 130 g/mol. The lowest BCUT2D eigenvalue weighted by Crippen LogP contribution is -2.28. The Hall–Kier alpha value is -0.0800. The fourth-order valence-electron chi connectivity index (χ4n) is 0.708. The van der Waals surface area contributed by atoms with Crippen LogP contribution in [0.5, 0.6) is 0 Å². The number of hydrogen-bond donors (Lipinski definition) is 0. The summed E-state index contributed by atoms with van der Waals surface area (Å²) in [6.45, 7) is 1.84. The van der Waals surface area contributed by atoms with Gasteiger partial charge in [0.15, 0.2) is 0 Å². The average Bonchev–Trinajstić information content (AvgIpc) is 1.85. The van der Waals surface area contributed by atoms with Crippen LogP contribution in [0.25, 0.3) is 0 Å². The molecule has 0 radical (unpaired) electrons. The lowest BCUT2D eigenvalue weighted by Gasteiger charge is -2.22. The molecule has 0 aliphatic carbocycles. The molecule has 1 atom stereocenters. The van der Waals surface area contributed by atoms with Gasteiger partial charge in [-0.15, -0.1) is 12.7 Å². The Morgan fingerprint density at radius 1 is 1.33 bits per heavy atom. The normalized spacial score (nSPS) is 13.7. The summed E-state index contributed by atoms with van der Waals surface area (Å²) in [5, 5.41) is 20.6. The summed E-state index contributed by atoms with van der Waals surface area (Å²) in [5.41, 5.74) is 0. The minimum atomic E-state index is -0.595. The highest BCUT2D eigenvalue weighted by Crippen LogP contribution is 1.99. The van der Waals surface area contributed by atoms with Gasteiger partial charge in [-0.25, -0.2) is 0 Å². The molecule has 0 saturated heterocycles. The van der Waals surface area contributed by atoms with Gasteiger partial charge in [0.1, 0.15) is 0 Å². The van der Waals surface area contributed by atoms with Crippen molar-refractivity contribution in [1.82, 2.24) is 0 Å². The average molecular weight is 130 g/mol. The summed E-state index contributed by atoms with van der Waals surface area (Å²) in [5.74, 6) is 0. The van der Waals surface area contributed by atoms with Crippen molar-refractivity contribution in [3.8, 4) is 0 Å². The third-order valence-corrected chi connectivity index (χ3v) is 1.32. The molecular formula is C7H14O2-2. The molecule has 0 rings (SSSR count). The van der Waals surface area contributed by atoms with E-state index in [1.807, 2.05) is 6.92 Å². The van der Waals surface area contributed by atoms with E-state index < -0.39 is 6.10 Å². The van der Waals surface area contributed by atoms with E-state index in [0.29, 0.717) is 12.8 Å². The Morgan fingerprint density at radius 3 is 2.44 bits per heavy atom. The van der Waals surface area contributed by atoms with Crippen LogP contribution in [0.2, 0.25) is 0 Å². The Morgan fingerprint density at radius 2 is 2.00 bits per heavy atom. The summed E-state index contributed by atoms with van der Waals surface area (Å²) >= 11 is 0. The van der Waals surface area contributed by atoms with E-state index >= 15 is 0 Å². The van der Waals surface area contributed by atoms with Crippen LogP contribution in [0.3, 0.4) is 0 Å². The molecule has 2 heteroatoms. The van der Waals surface area contributed by atoms with E-state index in [1.165, 1.54) is 0 Å². The molecule has 9 heavy (non-hydrogen) atoms. The van der Waals surface area contributed by atoms with Crippen LogP contribution in [-0.2, 0) is 0 Å². The lowest BCUT2D eigenvalue weighted by molar-refractivity contribution is -0.443.